The molecule has 1 aromatic carbocycles. The van der Waals surface area contributed by atoms with Gasteiger partial charge < -0.3 is 10.1 Å². The normalized spacial score (nSPS) is 20.4. The van der Waals surface area contributed by atoms with Gasteiger partial charge in [0.25, 0.3) is 0 Å². The molecule has 0 unspecified atom stereocenters. The number of carbonyl (C=O) groups excluding carboxylic acids is 2. The van der Waals surface area contributed by atoms with Crippen molar-refractivity contribution in [3.05, 3.63) is 35.9 Å². The molecular weight excluding hydrogens is 304 g/mol. The van der Waals surface area contributed by atoms with Gasteiger partial charge in [0, 0.05) is 19.1 Å². The number of nitrogens with zero attached hydrogens (tertiary/aromatic N) is 1. The maximum absolute atomic E-state index is 12.8. The van der Waals surface area contributed by atoms with E-state index in [-0.39, 0.29) is 23.8 Å². The second kappa shape index (κ2) is 7.79. The van der Waals surface area contributed by atoms with Gasteiger partial charge in [-0.15, -0.1) is 0 Å². The lowest BCUT2D eigenvalue weighted by molar-refractivity contribution is -0.150. The highest BCUT2D eigenvalue weighted by molar-refractivity contribution is 5.83. The number of piperidine rings is 1. The fourth-order valence-electron chi connectivity index (χ4n) is 3.32. The van der Waals surface area contributed by atoms with Crippen LogP contribution < -0.4 is 5.32 Å². The van der Waals surface area contributed by atoms with E-state index < -0.39 is 0 Å². The average molecular weight is 330 g/mol. The summed E-state index contributed by atoms with van der Waals surface area (Å²) >= 11 is 0. The van der Waals surface area contributed by atoms with Crippen molar-refractivity contribution in [2.24, 2.45) is 5.92 Å². The third kappa shape index (κ3) is 4.15. The van der Waals surface area contributed by atoms with E-state index >= 15 is 0 Å². The van der Waals surface area contributed by atoms with Gasteiger partial charge in [-0.3, -0.25) is 14.5 Å². The molecule has 0 aromatic heterocycles. The van der Waals surface area contributed by atoms with Crippen LogP contribution in [0.2, 0.25) is 0 Å². The van der Waals surface area contributed by atoms with Gasteiger partial charge >= 0.3 is 5.97 Å². The number of rotatable bonds is 6. The maximum atomic E-state index is 12.8. The van der Waals surface area contributed by atoms with Crippen molar-refractivity contribution < 1.29 is 14.3 Å². The molecule has 5 heteroatoms. The molecule has 1 aliphatic heterocycles. The topological polar surface area (TPSA) is 58.6 Å². The number of likely N-dealkylation sites (tertiary alicyclic amines) is 1. The number of nitrogens with one attached hydrogen (secondary N) is 1. The Morgan fingerprint density at radius 1 is 1.17 bits per heavy atom. The van der Waals surface area contributed by atoms with E-state index in [0.29, 0.717) is 12.6 Å². The van der Waals surface area contributed by atoms with E-state index in [0.717, 1.165) is 44.3 Å². The maximum Gasteiger partial charge on any atom is 0.309 e. The molecule has 1 saturated carbocycles. The van der Waals surface area contributed by atoms with Crippen LogP contribution in [0, 0.1) is 5.92 Å². The first-order chi connectivity index (χ1) is 11.7. The molecule has 0 bridgehead atoms. The molecule has 1 heterocycles. The Hall–Kier alpha value is -1.88. The highest BCUT2D eigenvalue weighted by atomic mass is 16.5. The van der Waals surface area contributed by atoms with Crippen LogP contribution in [0.25, 0.3) is 0 Å². The third-order valence-electron chi connectivity index (χ3n) is 4.80. The van der Waals surface area contributed by atoms with E-state index in [9.17, 15) is 9.59 Å². The van der Waals surface area contributed by atoms with Crippen LogP contribution in [0.3, 0.4) is 0 Å². The predicted octanol–water partition coefficient (Wildman–Crippen LogP) is 2.28. The van der Waals surface area contributed by atoms with Crippen LogP contribution in [0.5, 0.6) is 0 Å². The lowest BCUT2D eigenvalue weighted by Crippen LogP contribution is -2.45. The Bertz CT molecular complexity index is 563. The first kappa shape index (κ1) is 17.0. The summed E-state index contributed by atoms with van der Waals surface area (Å²) in [6.07, 6.45) is 3.66. The molecular formula is C19H26N2O3. The monoisotopic (exact) mass is 330 g/mol. The van der Waals surface area contributed by atoms with E-state index in [4.69, 9.17) is 4.74 Å². The lowest BCUT2D eigenvalue weighted by atomic mass is 9.94. The zero-order valence-corrected chi connectivity index (χ0v) is 14.2. The molecule has 0 spiro atoms. The van der Waals surface area contributed by atoms with Gasteiger partial charge in [-0.2, -0.15) is 0 Å². The smallest absolute Gasteiger partial charge is 0.309 e. The Labute approximate surface area is 143 Å². The van der Waals surface area contributed by atoms with Crippen molar-refractivity contribution in [3.8, 4) is 0 Å². The van der Waals surface area contributed by atoms with Crippen molar-refractivity contribution in [3.63, 3.8) is 0 Å². The Kier molecular flexibility index (Phi) is 5.51. The Morgan fingerprint density at radius 3 is 2.42 bits per heavy atom. The minimum absolute atomic E-state index is 0.0379. The lowest BCUT2D eigenvalue weighted by Gasteiger charge is -2.36. The largest absolute Gasteiger partial charge is 0.466 e. The molecule has 0 radical (unpaired) electrons. The molecule has 1 atom stereocenters. The molecule has 5 nitrogen and oxygen atoms in total. The minimum Gasteiger partial charge on any atom is -0.466 e. The molecule has 1 aliphatic carbocycles. The summed E-state index contributed by atoms with van der Waals surface area (Å²) in [6.45, 7) is 3.73. The Balaban J connectivity index is 1.67. The number of benzene rings is 1. The van der Waals surface area contributed by atoms with Gasteiger partial charge in [0.1, 0.15) is 6.04 Å². The first-order valence-electron chi connectivity index (χ1n) is 8.95. The van der Waals surface area contributed by atoms with E-state index in [2.05, 4.69) is 10.2 Å². The number of ether oxygens (including phenoxy) is 1. The summed E-state index contributed by atoms with van der Waals surface area (Å²) in [6, 6.07) is 10.0. The number of carbonyl (C=O) groups is 2. The standard InChI is InChI=1S/C19H26N2O3/c1-2-24-19(23)15-10-12-21(13-11-15)17(14-6-4-3-5-7-14)18(22)20-16-8-9-16/h3-7,15-17H,2,8-13H2,1H3,(H,20,22)/t17-/m1/s1. The fourth-order valence-corrected chi connectivity index (χ4v) is 3.32. The van der Waals surface area contributed by atoms with Gasteiger partial charge in [0.2, 0.25) is 5.91 Å². The van der Waals surface area contributed by atoms with Crippen LogP contribution in [0.4, 0.5) is 0 Å². The highest BCUT2D eigenvalue weighted by Crippen LogP contribution is 2.29. The molecule has 130 valence electrons. The van der Waals surface area contributed by atoms with Crippen LogP contribution in [-0.4, -0.2) is 42.5 Å². The van der Waals surface area contributed by atoms with Gasteiger partial charge in [0.05, 0.1) is 12.5 Å². The third-order valence-corrected chi connectivity index (χ3v) is 4.80. The van der Waals surface area contributed by atoms with Crippen molar-refractivity contribution in [1.29, 1.82) is 0 Å². The van der Waals surface area contributed by atoms with E-state index in [1.54, 1.807) is 0 Å². The van der Waals surface area contributed by atoms with E-state index in [1.807, 2.05) is 37.3 Å². The van der Waals surface area contributed by atoms with E-state index in [1.165, 1.54) is 0 Å². The van der Waals surface area contributed by atoms with Gasteiger partial charge in [0.15, 0.2) is 0 Å². The summed E-state index contributed by atoms with van der Waals surface area (Å²) in [4.78, 5) is 26.9. The number of amides is 1. The second-order valence-electron chi connectivity index (χ2n) is 6.66. The highest BCUT2D eigenvalue weighted by Gasteiger charge is 2.35. The fraction of sp³-hybridized carbons (Fsp3) is 0.579. The Morgan fingerprint density at radius 2 is 1.83 bits per heavy atom. The van der Waals surface area contributed by atoms with Crippen molar-refractivity contribution in [1.82, 2.24) is 10.2 Å². The second-order valence-corrected chi connectivity index (χ2v) is 6.66. The van der Waals surface area contributed by atoms with Crippen LogP contribution in [0.15, 0.2) is 30.3 Å². The molecule has 2 fully saturated rings. The summed E-state index contributed by atoms with van der Waals surface area (Å²) in [5.41, 5.74) is 1.02. The number of esters is 1. The zero-order valence-electron chi connectivity index (χ0n) is 14.2. The van der Waals surface area contributed by atoms with Crippen LogP contribution in [0.1, 0.15) is 44.2 Å². The van der Waals surface area contributed by atoms with Crippen LogP contribution >= 0.6 is 0 Å². The molecule has 24 heavy (non-hydrogen) atoms. The SMILES string of the molecule is CCOC(=O)C1CCN([C@@H](C(=O)NC2CC2)c2ccccc2)CC1. The summed E-state index contributed by atoms with van der Waals surface area (Å²) < 4.78 is 5.13. The number of hydrogen-bond donors (Lipinski definition) is 1. The predicted molar refractivity (Wildman–Crippen MR) is 91.3 cm³/mol. The van der Waals surface area contributed by atoms with Crippen molar-refractivity contribution in [2.75, 3.05) is 19.7 Å². The number of hydrogen-bond acceptors (Lipinski definition) is 4. The summed E-state index contributed by atoms with van der Waals surface area (Å²) in [7, 11) is 0. The first-order valence-corrected chi connectivity index (χ1v) is 8.95. The molecule has 1 aromatic rings. The molecule has 3 rings (SSSR count). The van der Waals surface area contributed by atoms with Gasteiger partial charge in [-0.25, -0.2) is 0 Å². The van der Waals surface area contributed by atoms with Crippen molar-refractivity contribution >= 4 is 11.9 Å². The van der Waals surface area contributed by atoms with Crippen LogP contribution in [-0.2, 0) is 14.3 Å². The molecule has 1 saturated heterocycles. The van der Waals surface area contributed by atoms with Crippen molar-refractivity contribution in [2.45, 2.75) is 44.7 Å². The quantitative estimate of drug-likeness (QED) is 0.813. The average Bonchev–Trinajstić information content (AvgIpc) is 3.41. The minimum atomic E-state index is -0.269. The van der Waals surface area contributed by atoms with Gasteiger partial charge in [-0.05, 0) is 38.2 Å². The molecule has 2 aliphatic rings. The summed E-state index contributed by atoms with van der Waals surface area (Å²) in [5, 5.41) is 3.13. The summed E-state index contributed by atoms with van der Waals surface area (Å²) in [5.74, 6) is -0.0572. The molecule has 1 amide bonds. The zero-order chi connectivity index (χ0) is 16.9. The molecule has 1 N–H and O–H groups in total. The van der Waals surface area contributed by atoms with Gasteiger partial charge in [-0.1, -0.05) is 30.3 Å².